The number of para-hydroxylation sites is 1. The largest absolute Gasteiger partial charge is 0.481 e. The number of fused-ring (bicyclic) bond motifs is 1. The third-order valence-corrected chi connectivity index (χ3v) is 4.37. The number of hydrogen-bond donors (Lipinski definition) is 1. The first-order valence-electron chi connectivity index (χ1n) is 7.54. The lowest BCUT2D eigenvalue weighted by atomic mass is 10.0. The molecule has 2 amide bonds. The van der Waals surface area contributed by atoms with E-state index < -0.39 is 5.97 Å². The molecule has 0 bridgehead atoms. The van der Waals surface area contributed by atoms with Crippen LogP contribution >= 0.6 is 0 Å². The Morgan fingerprint density at radius 1 is 1.19 bits per heavy atom. The van der Waals surface area contributed by atoms with Gasteiger partial charge >= 0.3 is 12.0 Å². The number of likely N-dealkylation sites (tertiary alicyclic amines) is 1. The van der Waals surface area contributed by atoms with Gasteiger partial charge in [0, 0.05) is 24.8 Å². The van der Waals surface area contributed by atoms with Crippen LogP contribution in [0.2, 0.25) is 0 Å². The summed E-state index contributed by atoms with van der Waals surface area (Å²) in [7, 11) is 0. The first-order chi connectivity index (χ1) is 10.2. The number of anilines is 1. The van der Waals surface area contributed by atoms with Gasteiger partial charge in [0.05, 0.1) is 6.42 Å². The molecule has 1 aromatic rings. The van der Waals surface area contributed by atoms with Crippen molar-refractivity contribution >= 4 is 17.7 Å². The average molecular weight is 288 g/mol. The number of rotatable bonds is 2. The van der Waals surface area contributed by atoms with Crippen LogP contribution in [-0.4, -0.2) is 41.1 Å². The van der Waals surface area contributed by atoms with E-state index >= 15 is 0 Å². The van der Waals surface area contributed by atoms with E-state index in [1.807, 2.05) is 23.1 Å². The van der Waals surface area contributed by atoms with E-state index in [1.165, 1.54) is 5.56 Å². The van der Waals surface area contributed by atoms with Gasteiger partial charge in [-0.2, -0.15) is 0 Å². The van der Waals surface area contributed by atoms with Crippen LogP contribution in [0.15, 0.2) is 24.3 Å². The zero-order valence-electron chi connectivity index (χ0n) is 12.0. The molecular formula is C16H20N2O3. The average Bonchev–Trinajstić information content (AvgIpc) is 2.93. The van der Waals surface area contributed by atoms with Crippen LogP contribution in [-0.2, 0) is 11.2 Å². The Balaban J connectivity index is 1.81. The van der Waals surface area contributed by atoms with Gasteiger partial charge in [0.15, 0.2) is 0 Å². The molecule has 5 nitrogen and oxygen atoms in total. The highest BCUT2D eigenvalue weighted by atomic mass is 16.4. The Morgan fingerprint density at radius 3 is 2.81 bits per heavy atom. The molecule has 1 saturated heterocycles. The minimum atomic E-state index is -0.834. The summed E-state index contributed by atoms with van der Waals surface area (Å²) >= 11 is 0. The maximum atomic E-state index is 12.8. The third-order valence-electron chi connectivity index (χ3n) is 4.37. The molecule has 0 aromatic heterocycles. The number of aryl methyl sites for hydroxylation is 1. The number of hydrogen-bond acceptors (Lipinski definition) is 2. The molecular weight excluding hydrogens is 268 g/mol. The highest BCUT2D eigenvalue weighted by Crippen LogP contribution is 2.30. The Hall–Kier alpha value is -2.04. The molecule has 2 aliphatic heterocycles. The summed E-state index contributed by atoms with van der Waals surface area (Å²) in [5, 5.41) is 8.99. The van der Waals surface area contributed by atoms with Crippen LogP contribution in [0, 0.1) is 0 Å². The van der Waals surface area contributed by atoms with Gasteiger partial charge in [-0.1, -0.05) is 18.2 Å². The zero-order valence-corrected chi connectivity index (χ0v) is 12.0. The van der Waals surface area contributed by atoms with Gasteiger partial charge in [-0.15, -0.1) is 0 Å². The van der Waals surface area contributed by atoms with Crippen molar-refractivity contribution in [3.8, 4) is 0 Å². The number of urea groups is 1. The summed E-state index contributed by atoms with van der Waals surface area (Å²) in [6.07, 6.45) is 3.67. The predicted molar refractivity (Wildman–Crippen MR) is 79.5 cm³/mol. The molecule has 1 atom stereocenters. The van der Waals surface area contributed by atoms with Crippen LogP contribution in [0.5, 0.6) is 0 Å². The smallest absolute Gasteiger partial charge is 0.324 e. The van der Waals surface area contributed by atoms with E-state index in [-0.39, 0.29) is 18.5 Å². The number of amides is 2. The lowest BCUT2D eigenvalue weighted by molar-refractivity contribution is -0.137. The normalized spacial score (nSPS) is 21.2. The van der Waals surface area contributed by atoms with E-state index in [2.05, 4.69) is 6.07 Å². The monoisotopic (exact) mass is 288 g/mol. The SMILES string of the molecule is O=C(O)CC1CCCN1C(=O)N1CCCc2ccccc21. The first-order valence-corrected chi connectivity index (χ1v) is 7.54. The van der Waals surface area contributed by atoms with Gasteiger partial charge in [0.25, 0.3) is 0 Å². The fraction of sp³-hybridized carbons (Fsp3) is 0.500. The van der Waals surface area contributed by atoms with Crippen molar-refractivity contribution in [2.24, 2.45) is 0 Å². The molecule has 0 aliphatic carbocycles. The molecule has 2 heterocycles. The van der Waals surface area contributed by atoms with Crippen molar-refractivity contribution in [3.63, 3.8) is 0 Å². The van der Waals surface area contributed by atoms with E-state index in [9.17, 15) is 9.59 Å². The molecule has 0 saturated carbocycles. The number of carboxylic acid groups (broad SMARTS) is 1. The molecule has 112 valence electrons. The number of carbonyl (C=O) groups excluding carboxylic acids is 1. The second-order valence-corrected chi connectivity index (χ2v) is 5.75. The van der Waals surface area contributed by atoms with Crippen molar-refractivity contribution in [2.75, 3.05) is 18.0 Å². The van der Waals surface area contributed by atoms with E-state index in [0.717, 1.165) is 31.4 Å². The van der Waals surface area contributed by atoms with Crippen molar-refractivity contribution in [1.29, 1.82) is 0 Å². The van der Waals surface area contributed by atoms with Gasteiger partial charge in [0.2, 0.25) is 0 Å². The molecule has 0 radical (unpaired) electrons. The summed E-state index contributed by atoms with van der Waals surface area (Å²) in [4.78, 5) is 27.3. The molecule has 5 heteroatoms. The van der Waals surface area contributed by atoms with Crippen LogP contribution in [0.4, 0.5) is 10.5 Å². The maximum absolute atomic E-state index is 12.8. The summed E-state index contributed by atoms with van der Waals surface area (Å²) < 4.78 is 0. The minimum absolute atomic E-state index is 0.0362. The fourth-order valence-electron chi connectivity index (χ4n) is 3.39. The summed E-state index contributed by atoms with van der Waals surface area (Å²) in [5.41, 5.74) is 2.18. The van der Waals surface area contributed by atoms with Crippen LogP contribution in [0.25, 0.3) is 0 Å². The van der Waals surface area contributed by atoms with Gasteiger partial charge in [0.1, 0.15) is 0 Å². The molecule has 1 fully saturated rings. The predicted octanol–water partition coefficient (Wildman–Crippen LogP) is 2.50. The second-order valence-electron chi connectivity index (χ2n) is 5.75. The van der Waals surface area contributed by atoms with Crippen molar-refractivity contribution < 1.29 is 14.7 Å². The topological polar surface area (TPSA) is 60.9 Å². The number of nitrogens with zero attached hydrogens (tertiary/aromatic N) is 2. The molecule has 1 unspecified atom stereocenters. The number of aliphatic carboxylic acids is 1. The Labute approximate surface area is 124 Å². The Morgan fingerprint density at radius 2 is 2.00 bits per heavy atom. The van der Waals surface area contributed by atoms with E-state index in [0.29, 0.717) is 13.1 Å². The van der Waals surface area contributed by atoms with Crippen molar-refractivity contribution in [2.45, 2.75) is 38.1 Å². The quantitative estimate of drug-likeness (QED) is 0.909. The molecule has 2 aliphatic rings. The summed E-state index contributed by atoms with van der Waals surface area (Å²) in [6, 6.07) is 7.79. The number of benzene rings is 1. The van der Waals surface area contributed by atoms with Crippen molar-refractivity contribution in [1.82, 2.24) is 4.90 Å². The molecule has 1 N–H and O–H groups in total. The van der Waals surface area contributed by atoms with E-state index in [4.69, 9.17) is 5.11 Å². The van der Waals surface area contributed by atoms with E-state index in [1.54, 1.807) is 4.90 Å². The molecule has 0 spiro atoms. The van der Waals surface area contributed by atoms with Crippen LogP contribution in [0.1, 0.15) is 31.2 Å². The van der Waals surface area contributed by atoms with Gasteiger partial charge in [-0.3, -0.25) is 9.69 Å². The van der Waals surface area contributed by atoms with Crippen LogP contribution in [0.3, 0.4) is 0 Å². The molecule has 21 heavy (non-hydrogen) atoms. The minimum Gasteiger partial charge on any atom is -0.481 e. The fourth-order valence-corrected chi connectivity index (χ4v) is 3.39. The summed E-state index contributed by atoms with van der Waals surface area (Å²) in [6.45, 7) is 1.38. The highest BCUT2D eigenvalue weighted by molar-refractivity contribution is 5.94. The third kappa shape index (κ3) is 2.73. The molecule has 3 rings (SSSR count). The Bertz CT molecular complexity index is 558. The Kier molecular flexibility index (Phi) is 3.82. The zero-order chi connectivity index (χ0) is 14.8. The highest BCUT2D eigenvalue weighted by Gasteiger charge is 2.34. The van der Waals surface area contributed by atoms with Gasteiger partial charge in [-0.25, -0.2) is 4.79 Å². The van der Waals surface area contributed by atoms with Crippen molar-refractivity contribution in [3.05, 3.63) is 29.8 Å². The first kappa shape index (κ1) is 13.9. The van der Waals surface area contributed by atoms with Gasteiger partial charge < -0.3 is 10.0 Å². The standard InChI is InChI=1S/C16H20N2O3/c19-15(20)11-13-7-4-9-17(13)16(21)18-10-3-6-12-5-1-2-8-14(12)18/h1-2,5,8,13H,3-4,6-7,9-11H2,(H,19,20). The maximum Gasteiger partial charge on any atom is 0.324 e. The molecule has 1 aromatic carbocycles. The summed E-state index contributed by atoms with van der Waals surface area (Å²) in [5.74, 6) is -0.834. The van der Waals surface area contributed by atoms with Gasteiger partial charge in [-0.05, 0) is 37.3 Å². The lowest BCUT2D eigenvalue weighted by Gasteiger charge is -2.34. The lowest BCUT2D eigenvalue weighted by Crippen LogP contribution is -2.47. The number of carboxylic acids is 1. The second kappa shape index (κ2) is 5.76. The number of carbonyl (C=O) groups is 2. The van der Waals surface area contributed by atoms with Crippen LogP contribution < -0.4 is 4.90 Å².